The Morgan fingerprint density at radius 3 is 2.91 bits per heavy atom. The summed E-state index contributed by atoms with van der Waals surface area (Å²) in [4.78, 5) is 23.9. The molecule has 118 valence electrons. The number of amides is 1. The van der Waals surface area contributed by atoms with Crippen LogP contribution in [0.25, 0.3) is 0 Å². The first kappa shape index (κ1) is 16.6. The predicted octanol–water partition coefficient (Wildman–Crippen LogP) is 3.87. The van der Waals surface area contributed by atoms with Gasteiger partial charge in [0.25, 0.3) is 5.91 Å². The molecule has 0 heterocycles. The van der Waals surface area contributed by atoms with E-state index in [9.17, 15) is 9.59 Å². The highest BCUT2D eigenvalue weighted by Crippen LogP contribution is 2.23. The monoisotopic (exact) mass is 321 g/mol. The fourth-order valence-electron chi connectivity index (χ4n) is 2.36. The number of allylic oxidation sites excluding steroid dienone is 2. The number of rotatable bonds is 5. The fraction of sp³-hybridized carbons (Fsp3) is 0.412. The van der Waals surface area contributed by atoms with Crippen LogP contribution in [0.15, 0.2) is 30.4 Å². The van der Waals surface area contributed by atoms with Crippen molar-refractivity contribution in [2.75, 3.05) is 5.32 Å². The van der Waals surface area contributed by atoms with Crippen molar-refractivity contribution in [3.05, 3.63) is 40.9 Å². The number of carbonyl (C=O) groups excluding carboxylic acids is 2. The lowest BCUT2D eigenvalue weighted by Gasteiger charge is -2.16. The predicted molar refractivity (Wildman–Crippen MR) is 86.9 cm³/mol. The summed E-state index contributed by atoms with van der Waals surface area (Å²) in [6.45, 7) is 3.39. The number of benzene rings is 1. The average Bonchev–Trinajstić information content (AvgIpc) is 2.96. The number of hydrogen-bond donors (Lipinski definition) is 1. The third-order valence-electron chi connectivity index (χ3n) is 3.74. The van der Waals surface area contributed by atoms with Crippen molar-refractivity contribution in [3.8, 4) is 0 Å². The maximum atomic E-state index is 12.1. The second-order valence-electron chi connectivity index (χ2n) is 5.50. The lowest BCUT2D eigenvalue weighted by atomic mass is 10.1. The quantitative estimate of drug-likeness (QED) is 0.661. The van der Waals surface area contributed by atoms with Gasteiger partial charge in [0.2, 0.25) is 0 Å². The molecule has 0 radical (unpaired) electrons. The van der Waals surface area contributed by atoms with Gasteiger partial charge in [-0.3, -0.25) is 9.59 Å². The highest BCUT2D eigenvalue weighted by atomic mass is 35.5. The standard InChI is InChI=1S/C17H20ClNO3/c1-11-14(18)8-5-9-15(11)19-17(21)12(2)22-16(20)10-13-6-3-4-7-13/h3,5-6,8-9,12-13H,4,7,10H2,1-2H3,(H,19,21)/t12-,13+/m1/s1. The normalized spacial score (nSPS) is 18.0. The number of hydrogen-bond acceptors (Lipinski definition) is 3. The van der Waals surface area contributed by atoms with E-state index in [2.05, 4.69) is 11.4 Å². The Kier molecular flexibility index (Phi) is 5.61. The fourth-order valence-corrected chi connectivity index (χ4v) is 2.53. The summed E-state index contributed by atoms with van der Waals surface area (Å²) in [6.07, 6.45) is 5.55. The molecule has 0 unspecified atom stereocenters. The zero-order valence-electron chi connectivity index (χ0n) is 12.8. The van der Waals surface area contributed by atoms with Gasteiger partial charge >= 0.3 is 5.97 Å². The molecule has 0 saturated heterocycles. The highest BCUT2D eigenvalue weighted by Gasteiger charge is 2.21. The largest absolute Gasteiger partial charge is 0.453 e. The lowest BCUT2D eigenvalue weighted by molar-refractivity contribution is -0.153. The maximum Gasteiger partial charge on any atom is 0.307 e. The Bertz CT molecular complexity index is 598. The van der Waals surface area contributed by atoms with Gasteiger partial charge in [0, 0.05) is 10.7 Å². The molecule has 2 rings (SSSR count). The van der Waals surface area contributed by atoms with E-state index in [0.29, 0.717) is 17.1 Å². The molecular formula is C17H20ClNO3. The number of esters is 1. The SMILES string of the molecule is Cc1c(Cl)cccc1NC(=O)[C@@H](C)OC(=O)C[C@H]1C=CCC1. The summed E-state index contributed by atoms with van der Waals surface area (Å²) in [5.74, 6) is -0.472. The molecule has 0 spiro atoms. The van der Waals surface area contributed by atoms with Gasteiger partial charge in [-0.2, -0.15) is 0 Å². The maximum absolute atomic E-state index is 12.1. The average molecular weight is 322 g/mol. The summed E-state index contributed by atoms with van der Waals surface area (Å²) in [6, 6.07) is 5.27. The molecule has 0 bridgehead atoms. The van der Waals surface area contributed by atoms with Gasteiger partial charge in [-0.05, 0) is 50.3 Å². The minimum Gasteiger partial charge on any atom is -0.453 e. The molecule has 1 aromatic rings. The second kappa shape index (κ2) is 7.45. The molecule has 1 N–H and O–H groups in total. The van der Waals surface area contributed by atoms with E-state index >= 15 is 0 Å². The Hall–Kier alpha value is -1.81. The van der Waals surface area contributed by atoms with Crippen LogP contribution in [0, 0.1) is 12.8 Å². The minimum absolute atomic E-state index is 0.234. The van der Waals surface area contributed by atoms with E-state index in [-0.39, 0.29) is 17.8 Å². The first-order valence-electron chi connectivity index (χ1n) is 7.39. The van der Waals surface area contributed by atoms with Gasteiger partial charge in [-0.15, -0.1) is 0 Å². The van der Waals surface area contributed by atoms with Crippen LogP contribution >= 0.6 is 11.6 Å². The van der Waals surface area contributed by atoms with Gasteiger partial charge in [0.05, 0.1) is 6.42 Å². The van der Waals surface area contributed by atoms with Gasteiger partial charge in [0.1, 0.15) is 0 Å². The van der Waals surface area contributed by atoms with E-state index in [0.717, 1.165) is 18.4 Å². The number of ether oxygens (including phenoxy) is 1. The van der Waals surface area contributed by atoms with Crippen molar-refractivity contribution in [2.45, 2.75) is 39.2 Å². The van der Waals surface area contributed by atoms with Crippen LogP contribution in [0.3, 0.4) is 0 Å². The van der Waals surface area contributed by atoms with E-state index in [1.54, 1.807) is 25.1 Å². The number of halogens is 1. The summed E-state index contributed by atoms with van der Waals surface area (Å²) >= 11 is 6.01. The molecule has 2 atom stereocenters. The number of anilines is 1. The third-order valence-corrected chi connectivity index (χ3v) is 4.15. The van der Waals surface area contributed by atoms with Crippen molar-refractivity contribution in [3.63, 3.8) is 0 Å². The van der Waals surface area contributed by atoms with Crippen LogP contribution in [-0.2, 0) is 14.3 Å². The molecular weight excluding hydrogens is 302 g/mol. The van der Waals surface area contributed by atoms with Crippen LogP contribution in [0.2, 0.25) is 5.02 Å². The van der Waals surface area contributed by atoms with Gasteiger partial charge in [-0.25, -0.2) is 0 Å². The van der Waals surface area contributed by atoms with Crippen LogP contribution in [0.1, 0.15) is 31.7 Å². The summed E-state index contributed by atoms with van der Waals surface area (Å²) in [7, 11) is 0. The van der Waals surface area contributed by atoms with E-state index in [1.807, 2.05) is 13.0 Å². The molecule has 1 amide bonds. The Morgan fingerprint density at radius 2 is 2.23 bits per heavy atom. The van der Waals surface area contributed by atoms with E-state index < -0.39 is 6.10 Å². The minimum atomic E-state index is -0.837. The smallest absolute Gasteiger partial charge is 0.307 e. The van der Waals surface area contributed by atoms with Gasteiger partial charge in [0.15, 0.2) is 6.10 Å². The first-order chi connectivity index (χ1) is 10.5. The summed E-state index contributed by atoms with van der Waals surface area (Å²) < 4.78 is 5.20. The zero-order valence-corrected chi connectivity index (χ0v) is 13.5. The van der Waals surface area contributed by atoms with Crippen LogP contribution < -0.4 is 5.32 Å². The molecule has 22 heavy (non-hydrogen) atoms. The molecule has 0 fully saturated rings. The number of nitrogens with one attached hydrogen (secondary N) is 1. The van der Waals surface area contributed by atoms with Gasteiger partial charge < -0.3 is 10.1 Å². The molecule has 0 saturated carbocycles. The topological polar surface area (TPSA) is 55.4 Å². The molecule has 4 nitrogen and oxygen atoms in total. The number of carbonyl (C=O) groups is 2. The molecule has 5 heteroatoms. The van der Waals surface area contributed by atoms with Crippen LogP contribution in [0.4, 0.5) is 5.69 Å². The van der Waals surface area contributed by atoms with Crippen molar-refractivity contribution in [2.24, 2.45) is 5.92 Å². The van der Waals surface area contributed by atoms with Crippen molar-refractivity contribution < 1.29 is 14.3 Å². The summed E-state index contributed by atoms with van der Waals surface area (Å²) in [5, 5.41) is 3.31. The molecule has 1 aliphatic carbocycles. The second-order valence-corrected chi connectivity index (χ2v) is 5.91. The molecule has 0 aromatic heterocycles. The highest BCUT2D eigenvalue weighted by molar-refractivity contribution is 6.31. The molecule has 1 aromatic carbocycles. The lowest BCUT2D eigenvalue weighted by Crippen LogP contribution is -2.30. The van der Waals surface area contributed by atoms with Crippen molar-refractivity contribution >= 4 is 29.2 Å². The Morgan fingerprint density at radius 1 is 1.45 bits per heavy atom. The van der Waals surface area contributed by atoms with Crippen molar-refractivity contribution in [1.82, 2.24) is 0 Å². The van der Waals surface area contributed by atoms with E-state index in [4.69, 9.17) is 16.3 Å². The molecule has 1 aliphatic rings. The first-order valence-corrected chi connectivity index (χ1v) is 7.77. The van der Waals surface area contributed by atoms with E-state index in [1.165, 1.54) is 0 Å². The molecule has 0 aliphatic heterocycles. The zero-order chi connectivity index (χ0) is 16.1. The van der Waals surface area contributed by atoms with Crippen molar-refractivity contribution in [1.29, 1.82) is 0 Å². The Balaban J connectivity index is 1.87. The van der Waals surface area contributed by atoms with Gasteiger partial charge in [-0.1, -0.05) is 29.8 Å². The Labute approximate surface area is 135 Å². The third kappa shape index (κ3) is 4.34. The summed E-state index contributed by atoms with van der Waals surface area (Å²) in [5.41, 5.74) is 1.41. The van der Waals surface area contributed by atoms with Crippen LogP contribution in [-0.4, -0.2) is 18.0 Å². The van der Waals surface area contributed by atoms with Crippen LogP contribution in [0.5, 0.6) is 0 Å².